The van der Waals surface area contributed by atoms with Crippen LogP contribution in [-0.4, -0.2) is 57.7 Å². The molecule has 5 heterocycles. The first-order valence-electron chi connectivity index (χ1n) is 13.9. The van der Waals surface area contributed by atoms with Gasteiger partial charge >= 0.3 is 0 Å². The molecule has 6 N–H and O–H groups in total. The van der Waals surface area contributed by atoms with Crippen LogP contribution in [-0.2, 0) is 14.1 Å². The van der Waals surface area contributed by atoms with Gasteiger partial charge in [0.25, 0.3) is 23.6 Å². The van der Waals surface area contributed by atoms with Gasteiger partial charge in [-0.1, -0.05) is 36.4 Å². The number of nitrogens with one attached hydrogen (secondary N) is 2. The van der Waals surface area contributed by atoms with E-state index < -0.39 is 23.6 Å². The van der Waals surface area contributed by atoms with E-state index in [1.807, 2.05) is 24.5 Å². The van der Waals surface area contributed by atoms with Crippen LogP contribution in [0.1, 0.15) is 48.4 Å². The average molecular weight is 701 g/mol. The number of amides is 4. The van der Waals surface area contributed by atoms with Gasteiger partial charge in [0.1, 0.15) is 21.8 Å². The van der Waals surface area contributed by atoms with Gasteiger partial charge in [-0.2, -0.15) is 10.2 Å². The Morgan fingerprint density at radius 2 is 1.21 bits per heavy atom. The Hall–Kier alpha value is -6.16. The van der Waals surface area contributed by atoms with Gasteiger partial charge in [0, 0.05) is 38.9 Å². The first-order valence-corrected chi connectivity index (χ1v) is 14.7. The fraction of sp³-hybridized carbons (Fsp3) is 0.0968. The van der Waals surface area contributed by atoms with Crippen molar-refractivity contribution in [3.63, 3.8) is 0 Å². The number of halogens is 1. The summed E-state index contributed by atoms with van der Waals surface area (Å²) >= 11 is 3.18. The fourth-order valence-electron chi connectivity index (χ4n) is 4.00. The highest BCUT2D eigenvalue weighted by Crippen LogP contribution is 2.16. The Morgan fingerprint density at radius 1 is 0.723 bits per heavy atom. The Labute approximate surface area is 277 Å². The van der Waals surface area contributed by atoms with Gasteiger partial charge in [-0.3, -0.25) is 28.5 Å². The molecule has 0 fully saturated rings. The number of rotatable bonds is 7. The maximum Gasteiger partial charge on any atom is 0.274 e. The first-order chi connectivity index (χ1) is 22.5. The van der Waals surface area contributed by atoms with Crippen molar-refractivity contribution in [1.82, 2.24) is 34.1 Å². The van der Waals surface area contributed by atoms with E-state index in [0.29, 0.717) is 10.4 Å². The van der Waals surface area contributed by atoms with E-state index in [0.717, 1.165) is 6.42 Å². The number of nitrogens with two attached hydrogens (primary N) is 2. The number of carbonyl (C=O) groups excluding carboxylic acids is 4. The van der Waals surface area contributed by atoms with Crippen molar-refractivity contribution in [2.75, 3.05) is 10.6 Å². The SMILES string of the molecule is C1=CCC=C1.Cn1cc(NC(=O)c2cccc(-n3cccc3)n2)c(C(N)=O)n1.Cn1cc(NC(=O)c2cccc(Br)n2)c(C(N)=O)n1. The van der Waals surface area contributed by atoms with Crippen molar-refractivity contribution < 1.29 is 19.2 Å². The third-order valence-corrected chi connectivity index (χ3v) is 6.50. The lowest BCUT2D eigenvalue weighted by molar-refractivity contribution is 0.0985. The largest absolute Gasteiger partial charge is 0.364 e. The predicted octanol–water partition coefficient (Wildman–Crippen LogP) is 3.39. The molecule has 240 valence electrons. The molecule has 0 saturated heterocycles. The number of aryl methyl sites for hydroxylation is 2. The topological polar surface area (TPSA) is 211 Å². The second kappa shape index (κ2) is 15.7. The van der Waals surface area contributed by atoms with Gasteiger partial charge in [0.15, 0.2) is 11.4 Å². The number of aromatic nitrogens is 7. The summed E-state index contributed by atoms with van der Waals surface area (Å²) in [5, 5.41) is 12.9. The van der Waals surface area contributed by atoms with E-state index in [1.54, 1.807) is 55.1 Å². The smallest absolute Gasteiger partial charge is 0.274 e. The molecule has 1 aliphatic rings. The standard InChI is InChI=1S/C15H14N6O2.C11H10BrN5O2.C5H6/c1-20-9-11(13(19-20)14(16)22)18-15(23)10-5-4-6-12(17-10)21-7-2-3-8-21;1-17-5-7(9(16-17)10(13)18)15-11(19)6-3-2-4-8(12)14-6;1-2-4-5-3-1/h2-9H,1H3,(H2,16,22)(H,18,23);2-5H,1H3,(H2,13,18)(H,15,19);1-4H,5H2. The zero-order valence-corrected chi connectivity index (χ0v) is 26.8. The van der Waals surface area contributed by atoms with Crippen molar-refractivity contribution in [1.29, 1.82) is 0 Å². The molecule has 4 amide bonds. The van der Waals surface area contributed by atoms with Gasteiger partial charge in [-0.25, -0.2) is 9.97 Å². The van der Waals surface area contributed by atoms with Crippen LogP contribution in [0.2, 0.25) is 0 Å². The highest BCUT2D eigenvalue weighted by Gasteiger charge is 2.18. The second-order valence-corrected chi connectivity index (χ2v) is 10.5. The summed E-state index contributed by atoms with van der Waals surface area (Å²) in [4.78, 5) is 55.1. The Kier molecular flexibility index (Phi) is 11.3. The minimum absolute atomic E-state index is 0.00224. The van der Waals surface area contributed by atoms with E-state index in [9.17, 15) is 19.2 Å². The number of hydrogen-bond donors (Lipinski definition) is 4. The number of carbonyl (C=O) groups is 4. The fourth-order valence-corrected chi connectivity index (χ4v) is 4.35. The zero-order chi connectivity index (χ0) is 33.9. The van der Waals surface area contributed by atoms with Crippen LogP contribution >= 0.6 is 15.9 Å². The second-order valence-electron chi connectivity index (χ2n) is 9.68. The predicted molar refractivity (Wildman–Crippen MR) is 178 cm³/mol. The van der Waals surface area contributed by atoms with Crippen LogP contribution in [0.3, 0.4) is 0 Å². The third kappa shape index (κ3) is 9.41. The molecule has 1 aliphatic carbocycles. The van der Waals surface area contributed by atoms with Crippen LogP contribution in [0.15, 0.2) is 102 Å². The highest BCUT2D eigenvalue weighted by atomic mass is 79.9. The van der Waals surface area contributed by atoms with Gasteiger partial charge in [-0.15, -0.1) is 0 Å². The molecule has 0 spiro atoms. The molecule has 0 aromatic carbocycles. The summed E-state index contributed by atoms with van der Waals surface area (Å²) in [5.41, 5.74) is 11.4. The minimum Gasteiger partial charge on any atom is -0.364 e. The number of pyridine rings is 2. The van der Waals surface area contributed by atoms with Crippen molar-refractivity contribution in [3.8, 4) is 5.82 Å². The van der Waals surface area contributed by atoms with Crippen LogP contribution in [0, 0.1) is 0 Å². The molecule has 6 rings (SSSR count). The van der Waals surface area contributed by atoms with Gasteiger partial charge < -0.3 is 26.7 Å². The van der Waals surface area contributed by atoms with Crippen molar-refractivity contribution in [2.24, 2.45) is 25.6 Å². The van der Waals surface area contributed by atoms with Crippen LogP contribution in [0.5, 0.6) is 0 Å². The Bertz CT molecular complexity index is 1950. The molecule has 0 bridgehead atoms. The molecule has 0 saturated carbocycles. The summed E-state index contributed by atoms with van der Waals surface area (Å²) in [7, 11) is 3.26. The maximum absolute atomic E-state index is 12.3. The molecule has 0 atom stereocenters. The molecular formula is C31H30BrN11O4. The third-order valence-electron chi connectivity index (χ3n) is 6.06. The maximum atomic E-state index is 12.3. The zero-order valence-electron chi connectivity index (χ0n) is 25.2. The molecule has 0 unspecified atom stereocenters. The van der Waals surface area contributed by atoms with Crippen molar-refractivity contribution in [2.45, 2.75) is 6.42 Å². The molecule has 15 nitrogen and oxygen atoms in total. The normalized spacial score (nSPS) is 11.1. The van der Waals surface area contributed by atoms with Crippen molar-refractivity contribution >= 4 is 50.9 Å². The van der Waals surface area contributed by atoms with Gasteiger partial charge in [0.05, 0.1) is 11.4 Å². The Balaban J connectivity index is 0.000000187. The lowest BCUT2D eigenvalue weighted by Gasteiger charge is -2.06. The lowest BCUT2D eigenvalue weighted by atomic mass is 10.3. The molecule has 16 heteroatoms. The summed E-state index contributed by atoms with van der Waals surface area (Å²) in [5.74, 6) is -1.71. The number of nitrogens with zero attached hydrogens (tertiary/aromatic N) is 7. The van der Waals surface area contributed by atoms with E-state index in [2.05, 4.69) is 71.0 Å². The van der Waals surface area contributed by atoms with E-state index >= 15 is 0 Å². The number of anilines is 2. The van der Waals surface area contributed by atoms with Crippen LogP contribution in [0.4, 0.5) is 11.4 Å². The van der Waals surface area contributed by atoms with Crippen molar-refractivity contribution in [3.05, 3.63) is 125 Å². The number of hydrogen-bond acceptors (Lipinski definition) is 8. The summed E-state index contributed by atoms with van der Waals surface area (Å²) < 4.78 is 5.13. The summed E-state index contributed by atoms with van der Waals surface area (Å²) in [6.07, 6.45) is 16.2. The van der Waals surface area contributed by atoms with Crippen LogP contribution < -0.4 is 22.1 Å². The Morgan fingerprint density at radius 3 is 1.66 bits per heavy atom. The number of allylic oxidation sites excluding steroid dienone is 4. The first kappa shape index (κ1) is 33.7. The summed E-state index contributed by atoms with van der Waals surface area (Å²) in [6.45, 7) is 0. The average Bonchev–Trinajstić information content (AvgIpc) is 3.87. The van der Waals surface area contributed by atoms with Crippen LogP contribution in [0.25, 0.3) is 5.82 Å². The summed E-state index contributed by atoms with van der Waals surface area (Å²) in [6, 6.07) is 13.8. The van der Waals surface area contributed by atoms with E-state index in [4.69, 9.17) is 11.5 Å². The number of primary amides is 2. The minimum atomic E-state index is -0.713. The highest BCUT2D eigenvalue weighted by molar-refractivity contribution is 9.10. The van der Waals surface area contributed by atoms with E-state index in [-0.39, 0.29) is 34.2 Å². The molecule has 47 heavy (non-hydrogen) atoms. The molecule has 5 aromatic heterocycles. The molecule has 0 aliphatic heterocycles. The molecule has 5 aromatic rings. The quantitative estimate of drug-likeness (QED) is 0.185. The molecular weight excluding hydrogens is 670 g/mol. The van der Waals surface area contributed by atoms with E-state index in [1.165, 1.54) is 21.8 Å². The molecule has 0 radical (unpaired) electrons. The van der Waals surface area contributed by atoms with Gasteiger partial charge in [0.2, 0.25) is 0 Å². The lowest BCUT2D eigenvalue weighted by Crippen LogP contribution is -2.19. The van der Waals surface area contributed by atoms with Gasteiger partial charge in [-0.05, 0) is 58.7 Å². The monoisotopic (exact) mass is 699 g/mol.